The monoisotopic (exact) mass is 426 g/mol. The second-order valence-corrected chi connectivity index (χ2v) is 7.56. The number of hydrogen-bond acceptors (Lipinski definition) is 4. The van der Waals surface area contributed by atoms with E-state index in [4.69, 9.17) is 4.74 Å². The quantitative estimate of drug-likeness (QED) is 0.520. The molecule has 0 radical (unpaired) electrons. The second kappa shape index (κ2) is 8.55. The van der Waals surface area contributed by atoms with Gasteiger partial charge in [0.05, 0.1) is 23.3 Å². The van der Waals surface area contributed by atoms with E-state index in [1.807, 2.05) is 77.4 Å². The lowest BCUT2D eigenvalue weighted by molar-refractivity contribution is -0.122. The van der Waals surface area contributed by atoms with Gasteiger partial charge in [0.25, 0.3) is 0 Å². The summed E-state index contributed by atoms with van der Waals surface area (Å²) in [7, 11) is 0. The van der Waals surface area contributed by atoms with E-state index < -0.39 is 0 Å². The first-order valence-electron chi connectivity index (χ1n) is 10.5. The van der Waals surface area contributed by atoms with Crippen LogP contribution in [-0.4, -0.2) is 34.5 Å². The highest BCUT2D eigenvalue weighted by Gasteiger charge is 2.23. The lowest BCUT2D eigenvalue weighted by Crippen LogP contribution is -2.38. The molecule has 0 fully saturated rings. The smallest absolute Gasteiger partial charge is 0.227 e. The molecule has 0 saturated carbocycles. The Morgan fingerprint density at radius 3 is 2.59 bits per heavy atom. The molecule has 0 atom stereocenters. The number of hydrogen-bond donors (Lipinski definition) is 1. The van der Waals surface area contributed by atoms with Crippen LogP contribution >= 0.6 is 0 Å². The number of ether oxygens (including phenoxy) is 1. The Labute approximate surface area is 185 Å². The zero-order valence-corrected chi connectivity index (χ0v) is 17.4. The summed E-state index contributed by atoms with van der Waals surface area (Å²) in [4.78, 5) is 31.2. The summed E-state index contributed by atoms with van der Waals surface area (Å²) < 4.78 is 7.59. The lowest BCUT2D eigenvalue weighted by atomic mass is 10.2. The Bertz CT molecular complexity index is 1280. The fraction of sp³-hybridized carbons (Fsp3) is 0.160. The number of fused-ring (bicyclic) bond motifs is 2. The summed E-state index contributed by atoms with van der Waals surface area (Å²) in [6.45, 7) is 0.940. The van der Waals surface area contributed by atoms with Crippen molar-refractivity contribution in [2.75, 3.05) is 23.4 Å². The summed E-state index contributed by atoms with van der Waals surface area (Å²) in [5, 5.41) is 2.87. The number of nitrogens with one attached hydrogen (secondary N) is 1. The summed E-state index contributed by atoms with van der Waals surface area (Å²) in [5.41, 5.74) is 4.35. The first-order chi connectivity index (χ1) is 15.7. The van der Waals surface area contributed by atoms with Crippen molar-refractivity contribution in [2.45, 2.75) is 12.8 Å². The van der Waals surface area contributed by atoms with Crippen LogP contribution in [0.3, 0.4) is 0 Å². The minimum Gasteiger partial charge on any atom is -0.490 e. The van der Waals surface area contributed by atoms with Crippen molar-refractivity contribution in [1.82, 2.24) is 9.55 Å². The summed E-state index contributed by atoms with van der Waals surface area (Å²) >= 11 is 0. The SMILES string of the molecule is O=C(CCC(=O)N1CCOc2ccccc21)Nc1ccc(-n2cnc3ccccc32)cc1. The molecule has 1 aromatic heterocycles. The van der Waals surface area contributed by atoms with E-state index >= 15 is 0 Å². The van der Waals surface area contributed by atoms with Gasteiger partial charge in [0.15, 0.2) is 0 Å². The van der Waals surface area contributed by atoms with E-state index in [2.05, 4.69) is 10.3 Å². The van der Waals surface area contributed by atoms with Gasteiger partial charge in [0, 0.05) is 24.2 Å². The highest BCUT2D eigenvalue weighted by molar-refractivity contribution is 5.99. The molecule has 4 aromatic rings. The summed E-state index contributed by atoms with van der Waals surface area (Å²) in [6.07, 6.45) is 2.04. The second-order valence-electron chi connectivity index (χ2n) is 7.56. The number of carbonyl (C=O) groups is 2. The number of carbonyl (C=O) groups excluding carboxylic acids is 2. The molecule has 1 N–H and O–H groups in total. The maximum absolute atomic E-state index is 12.7. The van der Waals surface area contributed by atoms with Crippen LogP contribution in [0.4, 0.5) is 11.4 Å². The molecule has 5 rings (SSSR count). The van der Waals surface area contributed by atoms with Crippen molar-refractivity contribution in [3.63, 3.8) is 0 Å². The number of nitrogens with zero attached hydrogens (tertiary/aromatic N) is 3. The topological polar surface area (TPSA) is 76.5 Å². The van der Waals surface area contributed by atoms with Crippen LogP contribution in [-0.2, 0) is 9.59 Å². The van der Waals surface area contributed by atoms with Gasteiger partial charge < -0.3 is 15.0 Å². The third kappa shape index (κ3) is 3.92. The van der Waals surface area contributed by atoms with Gasteiger partial charge in [-0.3, -0.25) is 14.2 Å². The van der Waals surface area contributed by atoms with Gasteiger partial charge in [0.2, 0.25) is 11.8 Å². The molecule has 2 amide bonds. The molecule has 160 valence electrons. The van der Waals surface area contributed by atoms with E-state index in [1.165, 1.54) is 0 Å². The zero-order chi connectivity index (χ0) is 21.9. The van der Waals surface area contributed by atoms with E-state index in [-0.39, 0.29) is 24.7 Å². The van der Waals surface area contributed by atoms with Crippen LogP contribution in [0, 0.1) is 0 Å². The molecule has 2 heterocycles. The molecule has 7 nitrogen and oxygen atoms in total. The first kappa shape index (κ1) is 19.8. The molecule has 0 bridgehead atoms. The molecule has 0 spiro atoms. The number of para-hydroxylation sites is 4. The van der Waals surface area contributed by atoms with Crippen LogP contribution < -0.4 is 15.0 Å². The normalized spacial score (nSPS) is 12.8. The van der Waals surface area contributed by atoms with Crippen LogP contribution in [0.2, 0.25) is 0 Å². The molecule has 1 aliphatic rings. The Hall–Kier alpha value is -4.13. The number of rotatable bonds is 5. The van der Waals surface area contributed by atoms with E-state index in [9.17, 15) is 9.59 Å². The molecular weight excluding hydrogens is 404 g/mol. The van der Waals surface area contributed by atoms with Gasteiger partial charge >= 0.3 is 0 Å². The van der Waals surface area contributed by atoms with Crippen LogP contribution in [0.5, 0.6) is 5.75 Å². The van der Waals surface area contributed by atoms with Crippen LogP contribution in [0.25, 0.3) is 16.7 Å². The van der Waals surface area contributed by atoms with Crippen molar-refractivity contribution in [1.29, 1.82) is 0 Å². The Kier molecular flexibility index (Phi) is 5.29. The predicted molar refractivity (Wildman–Crippen MR) is 123 cm³/mol. The Morgan fingerprint density at radius 1 is 0.938 bits per heavy atom. The van der Waals surface area contributed by atoms with Gasteiger partial charge in [-0.25, -0.2) is 4.98 Å². The predicted octanol–water partition coefficient (Wildman–Crippen LogP) is 4.17. The molecule has 3 aromatic carbocycles. The maximum atomic E-state index is 12.7. The van der Waals surface area contributed by atoms with Gasteiger partial charge in [-0.2, -0.15) is 0 Å². The molecular formula is C25H22N4O3. The van der Waals surface area contributed by atoms with E-state index in [0.717, 1.165) is 22.4 Å². The number of aromatic nitrogens is 2. The van der Waals surface area contributed by atoms with Crippen LogP contribution in [0.1, 0.15) is 12.8 Å². The minimum atomic E-state index is -0.194. The third-order valence-corrected chi connectivity index (χ3v) is 5.48. The standard InChI is InChI=1S/C25H22N4O3/c30-24(13-14-25(31)28-15-16-32-23-8-4-3-7-22(23)28)27-18-9-11-19(12-10-18)29-17-26-20-5-1-2-6-21(20)29/h1-12,17H,13-16H2,(H,27,30). The molecule has 7 heteroatoms. The van der Waals surface area contributed by atoms with Gasteiger partial charge in [-0.1, -0.05) is 24.3 Å². The molecule has 1 aliphatic heterocycles. The molecule has 0 saturated heterocycles. The lowest BCUT2D eigenvalue weighted by Gasteiger charge is -2.29. The zero-order valence-electron chi connectivity index (χ0n) is 17.4. The summed E-state index contributed by atoms with van der Waals surface area (Å²) in [6, 6.07) is 22.9. The van der Waals surface area contributed by atoms with Crippen molar-refractivity contribution < 1.29 is 14.3 Å². The fourth-order valence-corrected chi connectivity index (χ4v) is 3.88. The molecule has 32 heavy (non-hydrogen) atoms. The van der Waals surface area contributed by atoms with Crippen molar-refractivity contribution in [2.24, 2.45) is 0 Å². The number of imidazole rings is 1. The first-order valence-corrected chi connectivity index (χ1v) is 10.5. The number of anilines is 2. The maximum Gasteiger partial charge on any atom is 0.227 e. The van der Waals surface area contributed by atoms with E-state index in [1.54, 1.807) is 11.2 Å². The number of amides is 2. The largest absolute Gasteiger partial charge is 0.490 e. The number of benzene rings is 3. The van der Waals surface area contributed by atoms with E-state index in [0.29, 0.717) is 24.6 Å². The Balaban J connectivity index is 1.19. The van der Waals surface area contributed by atoms with Crippen LogP contribution in [0.15, 0.2) is 79.1 Å². The highest BCUT2D eigenvalue weighted by Crippen LogP contribution is 2.31. The average molecular weight is 426 g/mol. The molecule has 0 aliphatic carbocycles. The highest BCUT2D eigenvalue weighted by atomic mass is 16.5. The van der Waals surface area contributed by atoms with Crippen molar-refractivity contribution in [3.05, 3.63) is 79.1 Å². The minimum absolute atomic E-state index is 0.0850. The Morgan fingerprint density at radius 2 is 1.72 bits per heavy atom. The fourth-order valence-electron chi connectivity index (χ4n) is 3.88. The van der Waals surface area contributed by atoms with Gasteiger partial charge in [0.1, 0.15) is 18.7 Å². The van der Waals surface area contributed by atoms with Gasteiger partial charge in [-0.05, 0) is 48.5 Å². The average Bonchev–Trinajstić information content (AvgIpc) is 3.27. The van der Waals surface area contributed by atoms with Crippen molar-refractivity contribution >= 4 is 34.2 Å². The summed E-state index contributed by atoms with van der Waals surface area (Å²) in [5.74, 6) is 0.418. The molecule has 0 unspecified atom stereocenters. The van der Waals surface area contributed by atoms with Crippen molar-refractivity contribution in [3.8, 4) is 11.4 Å². The third-order valence-electron chi connectivity index (χ3n) is 5.48. The van der Waals surface area contributed by atoms with Gasteiger partial charge in [-0.15, -0.1) is 0 Å².